The van der Waals surface area contributed by atoms with Crippen LogP contribution in [0.4, 0.5) is 10.7 Å². The van der Waals surface area contributed by atoms with Gasteiger partial charge < -0.3 is 15.2 Å². The standard InChI is InChI=1S/C23H26N6O4/c1-29(20(21(30)31)12-6-7-13-24-22-25-27-28-26-22)23(32)33-14-19-17-10-4-2-8-15(17)16-9-3-5-11-18(16)19/h2-5,8-11,19-20H,6-7,12-14H2,1H3,(H,30,31)(H2,24,25,26,27,28). The number of tetrazole rings is 1. The molecule has 0 fully saturated rings. The van der Waals surface area contributed by atoms with Gasteiger partial charge >= 0.3 is 12.1 Å². The van der Waals surface area contributed by atoms with Crippen molar-refractivity contribution in [2.45, 2.75) is 31.2 Å². The van der Waals surface area contributed by atoms with E-state index in [2.05, 4.69) is 38.1 Å². The van der Waals surface area contributed by atoms with E-state index in [4.69, 9.17) is 4.74 Å². The molecule has 3 aromatic rings. The second kappa shape index (κ2) is 10.1. The maximum absolute atomic E-state index is 12.7. The maximum Gasteiger partial charge on any atom is 0.410 e. The summed E-state index contributed by atoms with van der Waals surface area (Å²) < 4.78 is 5.59. The highest BCUT2D eigenvalue weighted by atomic mass is 16.6. The summed E-state index contributed by atoms with van der Waals surface area (Å²) in [5, 5.41) is 26.0. The average Bonchev–Trinajstić information content (AvgIpc) is 3.45. The Morgan fingerprint density at radius 3 is 2.39 bits per heavy atom. The normalized spacial score (nSPS) is 13.1. The molecule has 0 aliphatic heterocycles. The molecule has 33 heavy (non-hydrogen) atoms. The number of carbonyl (C=O) groups is 2. The number of aromatic nitrogens is 4. The van der Waals surface area contributed by atoms with Crippen molar-refractivity contribution >= 4 is 18.0 Å². The number of anilines is 1. The molecule has 10 nitrogen and oxygen atoms in total. The van der Waals surface area contributed by atoms with Crippen LogP contribution in [0.15, 0.2) is 48.5 Å². The van der Waals surface area contributed by atoms with Gasteiger partial charge in [0.2, 0.25) is 0 Å². The van der Waals surface area contributed by atoms with Crippen molar-refractivity contribution in [3.05, 3.63) is 59.7 Å². The van der Waals surface area contributed by atoms with Crippen molar-refractivity contribution in [2.75, 3.05) is 25.5 Å². The number of carboxylic acids is 1. The first kappa shape index (κ1) is 22.3. The largest absolute Gasteiger partial charge is 0.480 e. The summed E-state index contributed by atoms with van der Waals surface area (Å²) in [5.74, 6) is -0.744. The Balaban J connectivity index is 1.32. The van der Waals surface area contributed by atoms with Gasteiger partial charge in [0.15, 0.2) is 0 Å². The number of carboxylic acid groups (broad SMARTS) is 1. The third kappa shape index (κ3) is 4.94. The van der Waals surface area contributed by atoms with Crippen molar-refractivity contribution in [3.63, 3.8) is 0 Å². The van der Waals surface area contributed by atoms with Crippen LogP contribution < -0.4 is 5.32 Å². The average molecular weight is 450 g/mol. The van der Waals surface area contributed by atoms with Crippen LogP contribution in [0.5, 0.6) is 0 Å². The number of aliphatic carboxylic acids is 1. The lowest BCUT2D eigenvalue weighted by Crippen LogP contribution is -2.43. The predicted molar refractivity (Wildman–Crippen MR) is 121 cm³/mol. The number of hydrogen-bond donors (Lipinski definition) is 3. The van der Waals surface area contributed by atoms with Crippen LogP contribution in [-0.4, -0.2) is 68.9 Å². The zero-order valence-corrected chi connectivity index (χ0v) is 18.3. The number of rotatable bonds is 10. The third-order valence-corrected chi connectivity index (χ3v) is 5.91. The molecule has 0 spiro atoms. The minimum absolute atomic E-state index is 0.0748. The van der Waals surface area contributed by atoms with Gasteiger partial charge in [-0.1, -0.05) is 53.6 Å². The van der Waals surface area contributed by atoms with Gasteiger partial charge in [0.1, 0.15) is 12.6 Å². The lowest BCUT2D eigenvalue weighted by Gasteiger charge is -2.25. The van der Waals surface area contributed by atoms with Crippen molar-refractivity contribution < 1.29 is 19.4 Å². The number of ether oxygens (including phenoxy) is 1. The molecular formula is C23H26N6O4. The molecule has 2 aromatic carbocycles. The van der Waals surface area contributed by atoms with Gasteiger partial charge in [0.05, 0.1) is 0 Å². The number of aromatic amines is 1. The second-order valence-electron chi connectivity index (χ2n) is 7.93. The molecule has 1 aliphatic rings. The minimum Gasteiger partial charge on any atom is -0.480 e. The zero-order chi connectivity index (χ0) is 23.2. The molecule has 0 saturated carbocycles. The van der Waals surface area contributed by atoms with Gasteiger partial charge in [-0.3, -0.25) is 4.90 Å². The van der Waals surface area contributed by atoms with E-state index in [-0.39, 0.29) is 12.5 Å². The number of hydrogen-bond acceptors (Lipinski definition) is 7. The van der Waals surface area contributed by atoms with Crippen LogP contribution in [0.3, 0.4) is 0 Å². The number of likely N-dealkylation sites (N-methyl/N-ethyl adjacent to an activating group) is 1. The zero-order valence-electron chi connectivity index (χ0n) is 18.3. The Kier molecular flexibility index (Phi) is 6.82. The minimum atomic E-state index is -1.06. The molecule has 0 radical (unpaired) electrons. The topological polar surface area (TPSA) is 133 Å². The van der Waals surface area contributed by atoms with Crippen LogP contribution in [0.2, 0.25) is 0 Å². The lowest BCUT2D eigenvalue weighted by molar-refractivity contribution is -0.142. The highest BCUT2D eigenvalue weighted by Gasteiger charge is 2.31. The quantitative estimate of drug-likeness (QED) is 0.401. The highest BCUT2D eigenvalue weighted by molar-refractivity contribution is 5.81. The molecular weight excluding hydrogens is 424 g/mol. The molecule has 172 valence electrons. The third-order valence-electron chi connectivity index (χ3n) is 5.91. The number of amides is 1. The monoisotopic (exact) mass is 450 g/mol. The molecule has 10 heteroatoms. The molecule has 1 unspecified atom stereocenters. The summed E-state index contributed by atoms with van der Waals surface area (Å²) in [6.45, 7) is 0.721. The van der Waals surface area contributed by atoms with Gasteiger partial charge in [-0.15, -0.1) is 5.10 Å². The van der Waals surface area contributed by atoms with Gasteiger partial charge in [0, 0.05) is 19.5 Å². The Labute approximate surface area is 191 Å². The summed E-state index contributed by atoms with van der Waals surface area (Å²) in [5.41, 5.74) is 4.50. The number of H-pyrrole nitrogens is 1. The Bertz CT molecular complexity index is 1060. The summed E-state index contributed by atoms with van der Waals surface area (Å²) >= 11 is 0. The van der Waals surface area contributed by atoms with Gasteiger partial charge in [-0.25, -0.2) is 9.59 Å². The molecule has 1 aliphatic carbocycles. The second-order valence-corrected chi connectivity index (χ2v) is 7.93. The van der Waals surface area contributed by atoms with Crippen LogP contribution in [-0.2, 0) is 9.53 Å². The van der Waals surface area contributed by atoms with Crippen LogP contribution >= 0.6 is 0 Å². The Hall–Kier alpha value is -3.95. The van der Waals surface area contributed by atoms with Crippen molar-refractivity contribution in [1.29, 1.82) is 0 Å². The first-order chi connectivity index (χ1) is 16.1. The van der Waals surface area contributed by atoms with E-state index in [1.807, 2.05) is 36.4 Å². The van der Waals surface area contributed by atoms with Crippen molar-refractivity contribution in [1.82, 2.24) is 25.5 Å². The summed E-state index contributed by atoms with van der Waals surface area (Å²) in [4.78, 5) is 25.7. The molecule has 1 amide bonds. The van der Waals surface area contributed by atoms with E-state index in [1.54, 1.807) is 0 Å². The van der Waals surface area contributed by atoms with E-state index < -0.39 is 18.1 Å². The first-order valence-electron chi connectivity index (χ1n) is 10.8. The van der Waals surface area contributed by atoms with Crippen LogP contribution in [0, 0.1) is 0 Å². The molecule has 1 atom stereocenters. The van der Waals surface area contributed by atoms with Crippen molar-refractivity contribution in [3.8, 4) is 11.1 Å². The van der Waals surface area contributed by atoms with Gasteiger partial charge in [0.25, 0.3) is 5.95 Å². The number of benzene rings is 2. The molecule has 1 heterocycles. The Morgan fingerprint density at radius 1 is 1.12 bits per heavy atom. The summed E-state index contributed by atoms with van der Waals surface area (Å²) in [6, 6.07) is 15.2. The molecule has 4 rings (SSSR count). The molecule has 1 aromatic heterocycles. The number of nitrogens with zero attached hydrogens (tertiary/aromatic N) is 4. The number of nitrogens with one attached hydrogen (secondary N) is 2. The summed E-state index contributed by atoms with van der Waals surface area (Å²) in [7, 11) is 1.47. The first-order valence-corrected chi connectivity index (χ1v) is 10.8. The van der Waals surface area contributed by atoms with Crippen molar-refractivity contribution in [2.24, 2.45) is 0 Å². The number of carbonyl (C=O) groups excluding carboxylic acids is 1. The fourth-order valence-electron chi connectivity index (χ4n) is 4.21. The Morgan fingerprint density at radius 2 is 1.79 bits per heavy atom. The van der Waals surface area contributed by atoms with E-state index in [0.29, 0.717) is 31.8 Å². The lowest BCUT2D eigenvalue weighted by atomic mass is 9.98. The molecule has 3 N–H and O–H groups in total. The fraction of sp³-hybridized carbons (Fsp3) is 0.348. The smallest absolute Gasteiger partial charge is 0.410 e. The van der Waals surface area contributed by atoms with E-state index in [1.165, 1.54) is 11.9 Å². The molecule has 0 saturated heterocycles. The van der Waals surface area contributed by atoms with Crippen LogP contribution in [0.1, 0.15) is 36.3 Å². The SMILES string of the molecule is CN(C(=O)OCC1c2ccccc2-c2ccccc21)C(CCCCNc1nn[nH]n1)C(=O)O. The fourth-order valence-corrected chi connectivity index (χ4v) is 4.21. The van der Waals surface area contributed by atoms with Crippen LogP contribution in [0.25, 0.3) is 11.1 Å². The highest BCUT2D eigenvalue weighted by Crippen LogP contribution is 2.44. The van der Waals surface area contributed by atoms with E-state index >= 15 is 0 Å². The van der Waals surface area contributed by atoms with Gasteiger partial charge in [-0.05, 0) is 46.7 Å². The van der Waals surface area contributed by atoms with E-state index in [9.17, 15) is 14.7 Å². The maximum atomic E-state index is 12.7. The summed E-state index contributed by atoms with van der Waals surface area (Å²) in [6.07, 6.45) is 0.957. The predicted octanol–water partition coefficient (Wildman–Crippen LogP) is 3.12. The van der Waals surface area contributed by atoms with Gasteiger partial charge in [-0.2, -0.15) is 5.21 Å². The molecule has 0 bridgehead atoms. The number of fused-ring (bicyclic) bond motifs is 3. The number of unbranched alkanes of at least 4 members (excludes halogenated alkanes) is 1. The van der Waals surface area contributed by atoms with E-state index in [0.717, 1.165) is 22.3 Å².